The third-order valence-electron chi connectivity index (χ3n) is 8.90. The van der Waals surface area contributed by atoms with Crippen LogP contribution < -0.4 is 32.3 Å². The molecule has 2 fully saturated rings. The molecule has 18 nitrogen and oxygen atoms in total. The Balaban J connectivity index is 0.00000101. The predicted molar refractivity (Wildman–Crippen MR) is 274 cm³/mol. The average Bonchev–Trinajstić information content (AvgIpc) is 3.94. The quantitative estimate of drug-likeness (QED) is 0.0162. The van der Waals surface area contributed by atoms with E-state index < -0.39 is 0 Å². The number of nitrogens with zero attached hydrogens (tertiary/aromatic N) is 2. The molecule has 21 heteroatoms. The number of fused-ring (bicyclic) bond motifs is 1. The standard InChI is InChI=1S/C23H36N4O5.C9H13N.C8H12N2O3S.C5H8N2OS.CH4S/c1-3-4-10-21(28)25-11-13-31-15-16-32-14-12-26-22(29)18-27-23(30)20(24-2)17-19-8-6-5-7-9-19;10-8-4-7-9-5-2-1-3-6-9;1-7(12)10(3-4-11)14-5-2-8(13)6-9;8-5-6-3-1-9-2-4(3)7-5;1-2/h5-9H,3-4,10-18H2,1-2H3,(H,25,28)(H,26,29)(H,27,30);1-3,5-6H,4,7-8,10H2;3-4,6,9,11H,2,5H2,1H3;3-4H,1-2H2,(H2,6,7,8);2H,1H3/b;;4-3-,9-6?;;. The fourth-order valence-electron chi connectivity index (χ4n) is 5.43. The molecule has 2 aromatic carbocycles. The number of Topliss-reactive ketones (excluding diaryl/α,β-unsaturated/α-hetero) is 1. The largest absolute Gasteiger partial charge is 0.514 e. The summed E-state index contributed by atoms with van der Waals surface area (Å²) in [6.45, 7) is 6.46. The van der Waals surface area contributed by atoms with Gasteiger partial charge in [-0.2, -0.15) is 24.4 Å². The van der Waals surface area contributed by atoms with E-state index in [1.165, 1.54) is 23.0 Å². The summed E-state index contributed by atoms with van der Waals surface area (Å²) in [5.74, 6) is 1.42. The molecule has 374 valence electrons. The topological polar surface area (TPSA) is 267 Å². The van der Waals surface area contributed by atoms with Gasteiger partial charge in [0.2, 0.25) is 17.7 Å². The van der Waals surface area contributed by atoms with Gasteiger partial charge in [-0.15, -0.1) is 0 Å². The molecule has 2 aromatic rings. The molecule has 2 atom stereocenters. The molecule has 2 aliphatic heterocycles. The zero-order chi connectivity index (χ0) is 49.9. The molecule has 2 saturated heterocycles. The van der Waals surface area contributed by atoms with Crippen LogP contribution in [0.4, 0.5) is 4.79 Å². The second-order valence-electron chi connectivity index (χ2n) is 14.1. The number of nitrogens with two attached hydrogens (primary N) is 1. The number of ether oxygens (including phenoxy) is 2. The number of thiol groups is 1. The molecule has 4 rings (SSSR count). The van der Waals surface area contributed by atoms with Gasteiger partial charge in [0, 0.05) is 63.6 Å². The van der Waals surface area contributed by atoms with Crippen LogP contribution in [0.5, 0.6) is 0 Å². The Hall–Kier alpha value is -4.93. The molecular weight excluding hydrogens is 919 g/mol. The van der Waals surface area contributed by atoms with Gasteiger partial charge >= 0.3 is 6.03 Å². The first-order chi connectivity index (χ1) is 32.5. The van der Waals surface area contributed by atoms with Crippen LogP contribution in [0.3, 0.4) is 0 Å². The number of unbranched alkanes of at least 4 members (excludes halogenated alkanes) is 1. The number of hydrogen-bond donors (Lipinski definition) is 9. The molecule has 0 aliphatic carbocycles. The molecule has 0 radical (unpaired) electrons. The molecule has 6 amide bonds. The molecule has 0 spiro atoms. The van der Waals surface area contributed by atoms with E-state index in [0.717, 1.165) is 73.7 Å². The van der Waals surface area contributed by atoms with Gasteiger partial charge in [0.05, 0.1) is 63.7 Å². The second-order valence-corrected chi connectivity index (χ2v) is 16.3. The molecule has 0 aromatic heterocycles. The van der Waals surface area contributed by atoms with Crippen molar-refractivity contribution in [2.24, 2.45) is 10.7 Å². The Morgan fingerprint density at radius 1 is 0.896 bits per heavy atom. The minimum atomic E-state index is -0.360. The average molecular weight is 992 g/mol. The number of aryl methyl sites for hydroxylation is 1. The van der Waals surface area contributed by atoms with E-state index in [0.29, 0.717) is 75.9 Å². The Labute approximate surface area is 410 Å². The molecule has 0 bridgehead atoms. The third kappa shape index (κ3) is 33.2. The van der Waals surface area contributed by atoms with Crippen molar-refractivity contribution in [3.8, 4) is 0 Å². The third-order valence-corrected chi connectivity index (χ3v) is 11.1. The Bertz CT molecular complexity index is 1730. The number of aliphatic hydroxyl groups excluding tert-OH is 1. The minimum absolute atomic E-state index is 0.00491. The van der Waals surface area contributed by atoms with Crippen molar-refractivity contribution in [3.63, 3.8) is 0 Å². The number of amides is 6. The lowest BCUT2D eigenvalue weighted by atomic mass is 10.1. The van der Waals surface area contributed by atoms with E-state index >= 15 is 0 Å². The monoisotopic (exact) mass is 991 g/mol. The predicted octanol–water partition coefficient (Wildman–Crippen LogP) is 3.90. The van der Waals surface area contributed by atoms with Gasteiger partial charge in [-0.05, 0) is 55.1 Å². The number of carbonyl (C=O) groups excluding carboxylic acids is 6. The van der Waals surface area contributed by atoms with Crippen LogP contribution in [0, 0.1) is 5.41 Å². The van der Waals surface area contributed by atoms with Crippen LogP contribution in [0.1, 0.15) is 57.1 Å². The van der Waals surface area contributed by atoms with E-state index in [1.807, 2.05) is 55.1 Å². The Kier molecular flexibility index (Phi) is 39.3. The van der Waals surface area contributed by atoms with Gasteiger partial charge in [-0.25, -0.2) is 4.79 Å². The summed E-state index contributed by atoms with van der Waals surface area (Å²) in [5.41, 5.74) is 8.10. The highest BCUT2D eigenvalue weighted by Crippen LogP contribution is 2.20. The highest BCUT2D eigenvalue weighted by Gasteiger charge is 2.35. The van der Waals surface area contributed by atoms with Gasteiger partial charge in [0.1, 0.15) is 5.71 Å². The van der Waals surface area contributed by atoms with Crippen molar-refractivity contribution in [1.29, 1.82) is 5.41 Å². The molecule has 9 N–H and O–H groups in total. The maximum absolute atomic E-state index is 12.2. The van der Waals surface area contributed by atoms with E-state index in [4.69, 9.17) is 25.7 Å². The molecule has 0 saturated carbocycles. The first-order valence-corrected chi connectivity index (χ1v) is 25.0. The van der Waals surface area contributed by atoms with Crippen LogP contribution in [0.2, 0.25) is 0 Å². The Morgan fingerprint density at radius 2 is 1.46 bits per heavy atom. The van der Waals surface area contributed by atoms with Crippen LogP contribution in [-0.2, 0) is 46.3 Å². The maximum Gasteiger partial charge on any atom is 0.315 e. The van der Waals surface area contributed by atoms with Crippen molar-refractivity contribution in [2.45, 2.75) is 70.9 Å². The lowest BCUT2D eigenvalue weighted by Gasteiger charge is -2.12. The van der Waals surface area contributed by atoms with E-state index in [-0.39, 0.29) is 48.4 Å². The number of rotatable bonds is 26. The van der Waals surface area contributed by atoms with E-state index in [2.05, 4.69) is 68.5 Å². The van der Waals surface area contributed by atoms with Crippen LogP contribution in [-0.4, -0.2) is 152 Å². The number of aliphatic hydroxyl groups is 1. The number of carbonyl (C=O) groups is 6. The zero-order valence-electron chi connectivity index (χ0n) is 39.3. The maximum atomic E-state index is 12.2. The van der Waals surface area contributed by atoms with Gasteiger partial charge in [-0.1, -0.05) is 74.0 Å². The second kappa shape index (κ2) is 42.4. The molecule has 2 heterocycles. The van der Waals surface area contributed by atoms with Gasteiger partial charge in [-0.3, -0.25) is 33.3 Å². The summed E-state index contributed by atoms with van der Waals surface area (Å²) < 4.78 is 12.0. The first kappa shape index (κ1) is 62.1. The summed E-state index contributed by atoms with van der Waals surface area (Å²) in [5, 5.41) is 28.8. The Morgan fingerprint density at radius 3 is 1.97 bits per heavy atom. The smallest absolute Gasteiger partial charge is 0.315 e. The van der Waals surface area contributed by atoms with Crippen molar-refractivity contribution in [1.82, 2.24) is 30.9 Å². The fourth-order valence-corrected chi connectivity index (χ4v) is 7.52. The number of benzene rings is 2. The normalized spacial score (nSPS) is 14.3. The molecule has 2 unspecified atom stereocenters. The number of ketones is 1. The minimum Gasteiger partial charge on any atom is -0.514 e. The number of thioether (sulfide) groups is 1. The summed E-state index contributed by atoms with van der Waals surface area (Å²) in [6.07, 6.45) is 9.67. The van der Waals surface area contributed by atoms with Crippen molar-refractivity contribution >= 4 is 83.7 Å². The molecular formula is C46H73N9O9S3. The fraction of sp³-hybridized carbons (Fsp3) is 0.522. The summed E-state index contributed by atoms with van der Waals surface area (Å²) in [4.78, 5) is 71.7. The number of urea groups is 1. The summed E-state index contributed by atoms with van der Waals surface area (Å²) >= 11 is 6.53. The lowest BCUT2D eigenvalue weighted by Crippen LogP contribution is -2.41. The SMILES string of the molecule is CC(=O)N(/C=C\O)SCCC(=O)C=N.CCCCC(=O)NCCOCCOCCNC(=O)CNC(=O)C(Cc1ccccc1)=NC.CS.NCCCc1ccccc1.O=C1NC2CSCC2N1. The van der Waals surface area contributed by atoms with Gasteiger partial charge in [0.25, 0.3) is 5.91 Å². The van der Waals surface area contributed by atoms with E-state index in [9.17, 15) is 28.8 Å². The molecule has 2 aliphatic rings. The van der Waals surface area contributed by atoms with Gasteiger partial charge < -0.3 is 52.3 Å². The van der Waals surface area contributed by atoms with Crippen molar-refractivity contribution < 1.29 is 43.3 Å². The lowest BCUT2D eigenvalue weighted by molar-refractivity contribution is -0.123. The van der Waals surface area contributed by atoms with Crippen molar-refractivity contribution in [2.75, 3.05) is 83.2 Å². The number of hydrogen-bond acceptors (Lipinski definition) is 15. The zero-order valence-corrected chi connectivity index (χ0v) is 41.9. The van der Waals surface area contributed by atoms with Gasteiger partial charge in [0.15, 0.2) is 5.78 Å². The molecule has 67 heavy (non-hydrogen) atoms. The first-order valence-electron chi connectivity index (χ1n) is 22.0. The summed E-state index contributed by atoms with van der Waals surface area (Å²) in [7, 11) is 1.56. The summed E-state index contributed by atoms with van der Waals surface area (Å²) in [6, 6.07) is 20.8. The highest BCUT2D eigenvalue weighted by molar-refractivity contribution is 7.99. The van der Waals surface area contributed by atoms with Crippen LogP contribution >= 0.6 is 36.3 Å². The number of nitrogens with one attached hydrogen (secondary N) is 6. The number of aliphatic imine (C=N–C) groups is 1. The van der Waals surface area contributed by atoms with Crippen LogP contribution in [0.25, 0.3) is 0 Å². The highest BCUT2D eigenvalue weighted by atomic mass is 32.2. The van der Waals surface area contributed by atoms with Crippen LogP contribution in [0.15, 0.2) is 78.1 Å². The van der Waals surface area contributed by atoms with E-state index in [1.54, 1.807) is 13.3 Å². The van der Waals surface area contributed by atoms with Crippen molar-refractivity contribution in [3.05, 3.63) is 84.3 Å².